The van der Waals surface area contributed by atoms with Gasteiger partial charge in [0.25, 0.3) is 0 Å². The molecule has 2 nitrogen and oxygen atoms in total. The van der Waals surface area contributed by atoms with Gasteiger partial charge in [0.2, 0.25) is 0 Å². The molecule has 0 amide bonds. The first kappa shape index (κ1) is 12.0. The Bertz CT molecular complexity index is 937. The van der Waals surface area contributed by atoms with Gasteiger partial charge in [0.1, 0.15) is 11.2 Å². The van der Waals surface area contributed by atoms with E-state index in [-0.39, 0.29) is 0 Å². The van der Waals surface area contributed by atoms with Gasteiger partial charge in [0.05, 0.1) is 0 Å². The van der Waals surface area contributed by atoms with Crippen LogP contribution in [-0.2, 0) is 0 Å². The van der Waals surface area contributed by atoms with Gasteiger partial charge in [0.15, 0.2) is 0 Å². The second-order valence-electron chi connectivity index (χ2n) is 5.25. The largest absolute Gasteiger partial charge is 0.456 e. The summed E-state index contributed by atoms with van der Waals surface area (Å²) >= 11 is 0. The van der Waals surface area contributed by atoms with E-state index in [1.54, 1.807) is 0 Å². The smallest absolute Gasteiger partial charge is 0.137 e. The van der Waals surface area contributed by atoms with Crippen LogP contribution in [-0.4, -0.2) is 0 Å². The van der Waals surface area contributed by atoms with Gasteiger partial charge in [-0.1, -0.05) is 36.4 Å². The lowest BCUT2D eigenvalue weighted by Gasteiger charge is -2.08. The summed E-state index contributed by atoms with van der Waals surface area (Å²) in [6, 6.07) is 22.7. The molecule has 0 aliphatic rings. The molecule has 1 aromatic heterocycles. The minimum atomic E-state index is 0.912. The van der Waals surface area contributed by atoms with Crippen LogP contribution < -0.4 is 5.32 Å². The first-order valence-corrected chi connectivity index (χ1v) is 7.05. The van der Waals surface area contributed by atoms with Crippen molar-refractivity contribution in [1.29, 1.82) is 0 Å². The van der Waals surface area contributed by atoms with Gasteiger partial charge in [-0.15, -0.1) is 0 Å². The molecule has 0 saturated carbocycles. The lowest BCUT2D eigenvalue weighted by atomic mass is 10.1. The summed E-state index contributed by atoms with van der Waals surface area (Å²) in [5, 5.41) is 5.76. The van der Waals surface area contributed by atoms with Crippen LogP contribution in [0.25, 0.3) is 21.9 Å². The van der Waals surface area contributed by atoms with Gasteiger partial charge in [-0.25, -0.2) is 0 Å². The molecule has 102 valence electrons. The third-order valence-electron chi connectivity index (χ3n) is 3.80. The van der Waals surface area contributed by atoms with Crippen molar-refractivity contribution in [3.8, 4) is 0 Å². The first-order valence-electron chi connectivity index (χ1n) is 7.05. The molecule has 0 atom stereocenters. The Hall–Kier alpha value is -2.74. The zero-order chi connectivity index (χ0) is 14.2. The van der Waals surface area contributed by atoms with Crippen molar-refractivity contribution < 1.29 is 4.42 Å². The fourth-order valence-corrected chi connectivity index (χ4v) is 2.67. The molecular weight excluding hydrogens is 258 g/mol. The highest BCUT2D eigenvalue weighted by atomic mass is 16.3. The van der Waals surface area contributed by atoms with E-state index in [1.165, 1.54) is 5.56 Å². The lowest BCUT2D eigenvalue weighted by Crippen LogP contribution is -1.92. The van der Waals surface area contributed by atoms with Crippen molar-refractivity contribution >= 4 is 33.3 Å². The SMILES string of the molecule is Cc1ccccc1Nc1ccc2c(c1)oc1ccccc12. The van der Waals surface area contributed by atoms with E-state index in [1.807, 2.05) is 30.3 Å². The van der Waals surface area contributed by atoms with Gasteiger partial charge >= 0.3 is 0 Å². The number of hydrogen-bond donors (Lipinski definition) is 1. The summed E-state index contributed by atoms with van der Waals surface area (Å²) in [5.41, 5.74) is 5.22. The molecule has 0 spiro atoms. The average molecular weight is 273 g/mol. The predicted octanol–water partition coefficient (Wildman–Crippen LogP) is 5.64. The summed E-state index contributed by atoms with van der Waals surface area (Å²) in [6.45, 7) is 2.10. The molecule has 0 fully saturated rings. The lowest BCUT2D eigenvalue weighted by molar-refractivity contribution is 0.669. The number of para-hydroxylation sites is 2. The maximum absolute atomic E-state index is 5.92. The molecule has 0 aliphatic heterocycles. The maximum Gasteiger partial charge on any atom is 0.137 e. The topological polar surface area (TPSA) is 25.2 Å². The molecule has 3 aromatic carbocycles. The zero-order valence-electron chi connectivity index (χ0n) is 11.8. The number of benzene rings is 3. The minimum absolute atomic E-state index is 0.912. The van der Waals surface area contributed by atoms with Crippen molar-refractivity contribution in [2.75, 3.05) is 5.32 Å². The zero-order valence-corrected chi connectivity index (χ0v) is 11.8. The van der Waals surface area contributed by atoms with Crippen LogP contribution in [0.4, 0.5) is 11.4 Å². The second-order valence-corrected chi connectivity index (χ2v) is 5.25. The molecule has 4 aromatic rings. The van der Waals surface area contributed by atoms with Crippen LogP contribution in [0, 0.1) is 6.92 Å². The Morgan fingerprint density at radius 1 is 0.762 bits per heavy atom. The quantitative estimate of drug-likeness (QED) is 0.511. The number of rotatable bonds is 2. The summed E-state index contributed by atoms with van der Waals surface area (Å²) in [7, 11) is 0. The second kappa shape index (κ2) is 4.67. The van der Waals surface area contributed by atoms with Crippen molar-refractivity contribution in [3.63, 3.8) is 0 Å². The third kappa shape index (κ3) is 2.05. The van der Waals surface area contributed by atoms with Crippen molar-refractivity contribution in [2.45, 2.75) is 6.92 Å². The molecule has 0 radical (unpaired) electrons. The Labute approximate surface area is 123 Å². The summed E-state index contributed by atoms with van der Waals surface area (Å²) < 4.78 is 5.92. The number of anilines is 2. The average Bonchev–Trinajstić information content (AvgIpc) is 2.87. The van der Waals surface area contributed by atoms with E-state index in [0.717, 1.165) is 33.3 Å². The van der Waals surface area contributed by atoms with Gasteiger partial charge in [-0.05, 0) is 36.8 Å². The van der Waals surface area contributed by atoms with Crippen molar-refractivity contribution in [1.82, 2.24) is 0 Å². The monoisotopic (exact) mass is 273 g/mol. The van der Waals surface area contributed by atoms with Gasteiger partial charge in [-0.3, -0.25) is 0 Å². The molecule has 4 rings (SSSR count). The van der Waals surface area contributed by atoms with E-state index in [4.69, 9.17) is 4.42 Å². The first-order chi connectivity index (χ1) is 10.3. The fourth-order valence-electron chi connectivity index (χ4n) is 2.67. The van der Waals surface area contributed by atoms with Crippen LogP contribution in [0.2, 0.25) is 0 Å². The number of hydrogen-bond acceptors (Lipinski definition) is 2. The molecule has 2 heteroatoms. The van der Waals surface area contributed by atoms with Crippen LogP contribution in [0.15, 0.2) is 71.1 Å². The van der Waals surface area contributed by atoms with Crippen LogP contribution >= 0.6 is 0 Å². The van der Waals surface area contributed by atoms with E-state index < -0.39 is 0 Å². The number of fused-ring (bicyclic) bond motifs is 3. The highest BCUT2D eigenvalue weighted by molar-refractivity contribution is 6.05. The molecule has 0 saturated heterocycles. The van der Waals surface area contributed by atoms with Gasteiger partial charge in [-0.2, -0.15) is 0 Å². The summed E-state index contributed by atoms with van der Waals surface area (Å²) in [5.74, 6) is 0. The predicted molar refractivity (Wildman–Crippen MR) is 88.2 cm³/mol. The summed E-state index contributed by atoms with van der Waals surface area (Å²) in [4.78, 5) is 0. The Kier molecular flexibility index (Phi) is 2.68. The Morgan fingerprint density at radius 3 is 2.43 bits per heavy atom. The van der Waals surface area contributed by atoms with Gasteiger partial charge in [0, 0.05) is 28.2 Å². The number of nitrogens with one attached hydrogen (secondary N) is 1. The Morgan fingerprint density at radius 2 is 1.52 bits per heavy atom. The van der Waals surface area contributed by atoms with E-state index in [2.05, 4.69) is 48.6 Å². The molecular formula is C19H15NO. The van der Waals surface area contributed by atoms with Crippen molar-refractivity contribution in [2.24, 2.45) is 0 Å². The number of aryl methyl sites for hydroxylation is 1. The molecule has 0 unspecified atom stereocenters. The molecule has 0 bridgehead atoms. The highest BCUT2D eigenvalue weighted by Gasteiger charge is 2.07. The van der Waals surface area contributed by atoms with Gasteiger partial charge < -0.3 is 9.73 Å². The normalized spacial score (nSPS) is 11.1. The Balaban J connectivity index is 1.80. The molecule has 1 heterocycles. The van der Waals surface area contributed by atoms with Crippen molar-refractivity contribution in [3.05, 3.63) is 72.3 Å². The number of furan rings is 1. The fraction of sp³-hybridized carbons (Fsp3) is 0.0526. The molecule has 0 aliphatic carbocycles. The van der Waals surface area contributed by atoms with Crippen LogP contribution in [0.1, 0.15) is 5.56 Å². The van der Waals surface area contributed by atoms with E-state index in [9.17, 15) is 0 Å². The molecule has 21 heavy (non-hydrogen) atoms. The van der Waals surface area contributed by atoms with Crippen LogP contribution in [0.3, 0.4) is 0 Å². The highest BCUT2D eigenvalue weighted by Crippen LogP contribution is 2.31. The molecule has 1 N–H and O–H groups in total. The van der Waals surface area contributed by atoms with E-state index in [0.29, 0.717) is 0 Å². The summed E-state index contributed by atoms with van der Waals surface area (Å²) in [6.07, 6.45) is 0. The van der Waals surface area contributed by atoms with E-state index >= 15 is 0 Å². The maximum atomic E-state index is 5.92. The minimum Gasteiger partial charge on any atom is -0.456 e. The third-order valence-corrected chi connectivity index (χ3v) is 3.80. The standard InChI is InChI=1S/C19H15NO/c1-13-6-2-4-8-17(13)20-14-10-11-16-15-7-3-5-9-18(15)21-19(16)12-14/h2-12,20H,1H3. The van der Waals surface area contributed by atoms with Crippen LogP contribution in [0.5, 0.6) is 0 Å².